The van der Waals surface area contributed by atoms with Gasteiger partial charge >= 0.3 is 0 Å². The molecule has 1 heterocycles. The molecular weight excluding hydrogens is 408 g/mol. The molecule has 0 aliphatic carbocycles. The molecule has 32 heavy (non-hydrogen) atoms. The maximum absolute atomic E-state index is 12.8. The molecule has 1 aliphatic heterocycles. The number of nitrogens with one attached hydrogen (secondary N) is 2. The fraction of sp³-hybridized carbons (Fsp3) is 0.125. The van der Waals surface area contributed by atoms with E-state index in [9.17, 15) is 9.59 Å². The standard InChI is InChI=1S/C24H22N4O4/c1-31-19-11-7-16(8-12-19)23(29)26-25-22-21-6-4-3-5-18(21)15-28(22)27-24(30)17-9-13-20(32-2)14-10-17/h3-14H,15H2,1-2H3,(H,26,29)(H,27,30)/b25-22+. The maximum atomic E-state index is 12.8. The zero-order chi connectivity index (χ0) is 22.5. The summed E-state index contributed by atoms with van der Waals surface area (Å²) >= 11 is 0. The van der Waals surface area contributed by atoms with Gasteiger partial charge in [-0.15, -0.1) is 0 Å². The van der Waals surface area contributed by atoms with Crippen molar-refractivity contribution in [2.45, 2.75) is 6.54 Å². The lowest BCUT2D eigenvalue weighted by molar-refractivity contribution is 0.0869. The number of fused-ring (bicyclic) bond motifs is 1. The van der Waals surface area contributed by atoms with E-state index in [0.29, 0.717) is 35.0 Å². The minimum atomic E-state index is -0.369. The van der Waals surface area contributed by atoms with E-state index >= 15 is 0 Å². The Bertz CT molecular complexity index is 1160. The Morgan fingerprint density at radius 1 is 0.812 bits per heavy atom. The predicted molar refractivity (Wildman–Crippen MR) is 119 cm³/mol. The summed E-state index contributed by atoms with van der Waals surface area (Å²) in [4.78, 5) is 25.3. The first kappa shape index (κ1) is 20.9. The smallest absolute Gasteiger partial charge is 0.271 e. The highest BCUT2D eigenvalue weighted by molar-refractivity contribution is 6.05. The monoisotopic (exact) mass is 430 g/mol. The molecule has 2 amide bonds. The van der Waals surface area contributed by atoms with Crippen molar-refractivity contribution in [2.24, 2.45) is 5.10 Å². The molecule has 0 spiro atoms. The zero-order valence-electron chi connectivity index (χ0n) is 17.7. The van der Waals surface area contributed by atoms with Crippen LogP contribution in [-0.4, -0.2) is 36.9 Å². The summed E-state index contributed by atoms with van der Waals surface area (Å²) in [5, 5.41) is 5.93. The molecule has 0 unspecified atom stereocenters. The average Bonchev–Trinajstić information content (AvgIpc) is 3.19. The van der Waals surface area contributed by atoms with Crippen molar-refractivity contribution in [1.29, 1.82) is 0 Å². The summed E-state index contributed by atoms with van der Waals surface area (Å²) in [6, 6.07) is 21.2. The summed E-state index contributed by atoms with van der Waals surface area (Å²) in [6.45, 7) is 0.426. The number of hydrogen-bond acceptors (Lipinski definition) is 5. The topological polar surface area (TPSA) is 92.3 Å². The molecule has 3 aromatic rings. The Labute approximate surface area is 185 Å². The number of hydrazone groups is 1. The first-order chi connectivity index (χ1) is 15.6. The van der Waals surface area contributed by atoms with Crippen molar-refractivity contribution < 1.29 is 19.1 Å². The van der Waals surface area contributed by atoms with Crippen LogP contribution in [0.5, 0.6) is 11.5 Å². The van der Waals surface area contributed by atoms with Crippen LogP contribution in [0.3, 0.4) is 0 Å². The quantitative estimate of drug-likeness (QED) is 0.587. The van der Waals surface area contributed by atoms with E-state index in [0.717, 1.165) is 11.1 Å². The first-order valence-corrected chi connectivity index (χ1v) is 9.92. The predicted octanol–water partition coefficient (Wildman–Crippen LogP) is 2.96. The normalized spacial score (nSPS) is 13.4. The second-order valence-corrected chi connectivity index (χ2v) is 7.02. The lowest BCUT2D eigenvalue weighted by Gasteiger charge is -2.20. The van der Waals surface area contributed by atoms with Gasteiger partial charge < -0.3 is 9.47 Å². The van der Waals surface area contributed by atoms with Crippen LogP contribution < -0.4 is 20.3 Å². The highest BCUT2D eigenvalue weighted by Gasteiger charge is 2.27. The van der Waals surface area contributed by atoms with Gasteiger partial charge in [0, 0.05) is 16.7 Å². The van der Waals surface area contributed by atoms with Crippen LogP contribution in [0.25, 0.3) is 0 Å². The van der Waals surface area contributed by atoms with E-state index in [4.69, 9.17) is 9.47 Å². The SMILES string of the molecule is COc1ccc(C(=O)N/N=C2\c3ccccc3CN2NC(=O)c2ccc(OC)cc2)cc1. The van der Waals surface area contributed by atoms with Crippen LogP contribution in [-0.2, 0) is 6.54 Å². The summed E-state index contributed by atoms with van der Waals surface area (Å²) in [5.41, 5.74) is 8.17. The van der Waals surface area contributed by atoms with E-state index < -0.39 is 0 Å². The van der Waals surface area contributed by atoms with E-state index in [1.807, 2.05) is 24.3 Å². The van der Waals surface area contributed by atoms with Crippen LogP contribution >= 0.6 is 0 Å². The average molecular weight is 430 g/mol. The van der Waals surface area contributed by atoms with Gasteiger partial charge in [-0.05, 0) is 54.1 Å². The van der Waals surface area contributed by atoms with Gasteiger partial charge in [-0.25, -0.2) is 5.43 Å². The number of methoxy groups -OCH3 is 2. The number of amides is 2. The molecule has 8 nitrogen and oxygen atoms in total. The molecule has 4 rings (SSSR count). The number of hydrogen-bond donors (Lipinski definition) is 2. The van der Waals surface area contributed by atoms with Crippen molar-refractivity contribution in [3.8, 4) is 11.5 Å². The molecule has 0 radical (unpaired) electrons. The molecule has 162 valence electrons. The number of ether oxygens (including phenoxy) is 2. The number of carbonyl (C=O) groups excluding carboxylic acids is 2. The third-order valence-corrected chi connectivity index (χ3v) is 5.05. The highest BCUT2D eigenvalue weighted by Crippen LogP contribution is 2.22. The van der Waals surface area contributed by atoms with Gasteiger partial charge in [-0.2, -0.15) is 5.10 Å². The molecule has 0 fully saturated rings. The van der Waals surface area contributed by atoms with Crippen molar-refractivity contribution in [3.63, 3.8) is 0 Å². The molecule has 8 heteroatoms. The van der Waals surface area contributed by atoms with Crippen LogP contribution in [0.1, 0.15) is 31.8 Å². The van der Waals surface area contributed by atoms with E-state index in [1.54, 1.807) is 67.8 Å². The Hall–Kier alpha value is -4.33. The van der Waals surface area contributed by atoms with Gasteiger partial charge in [0.25, 0.3) is 11.8 Å². The van der Waals surface area contributed by atoms with Crippen LogP contribution in [0.15, 0.2) is 77.9 Å². The fourth-order valence-corrected chi connectivity index (χ4v) is 3.32. The molecule has 0 bridgehead atoms. The minimum Gasteiger partial charge on any atom is -0.497 e. The summed E-state index contributed by atoms with van der Waals surface area (Å²) in [5.74, 6) is 1.11. The Balaban J connectivity index is 1.53. The molecular formula is C24H22N4O4. The molecule has 0 saturated carbocycles. The van der Waals surface area contributed by atoms with Crippen molar-refractivity contribution >= 4 is 17.6 Å². The third kappa shape index (κ3) is 4.39. The minimum absolute atomic E-state index is 0.297. The van der Waals surface area contributed by atoms with Gasteiger partial charge in [0.2, 0.25) is 0 Å². The second kappa shape index (κ2) is 9.22. The molecule has 2 N–H and O–H groups in total. The lowest BCUT2D eigenvalue weighted by atomic mass is 10.1. The molecule has 3 aromatic carbocycles. The van der Waals surface area contributed by atoms with Gasteiger partial charge in [0.05, 0.1) is 20.8 Å². The molecule has 1 aliphatic rings. The van der Waals surface area contributed by atoms with Gasteiger partial charge in [-0.3, -0.25) is 20.0 Å². The lowest BCUT2D eigenvalue weighted by Crippen LogP contribution is -2.43. The van der Waals surface area contributed by atoms with Crippen LogP contribution in [0.2, 0.25) is 0 Å². The zero-order valence-corrected chi connectivity index (χ0v) is 17.7. The highest BCUT2D eigenvalue weighted by atomic mass is 16.5. The van der Waals surface area contributed by atoms with E-state index in [-0.39, 0.29) is 11.8 Å². The number of amidine groups is 1. The van der Waals surface area contributed by atoms with Crippen molar-refractivity contribution in [3.05, 3.63) is 95.1 Å². The summed E-state index contributed by atoms with van der Waals surface area (Å²) < 4.78 is 10.3. The fourth-order valence-electron chi connectivity index (χ4n) is 3.32. The van der Waals surface area contributed by atoms with Crippen molar-refractivity contribution in [2.75, 3.05) is 14.2 Å². The third-order valence-electron chi connectivity index (χ3n) is 5.05. The van der Waals surface area contributed by atoms with Crippen molar-refractivity contribution in [1.82, 2.24) is 15.9 Å². The summed E-state index contributed by atoms with van der Waals surface area (Å²) in [6.07, 6.45) is 0. The number of nitrogens with zero attached hydrogens (tertiary/aromatic N) is 2. The van der Waals surface area contributed by atoms with Gasteiger partial charge in [-0.1, -0.05) is 24.3 Å². The first-order valence-electron chi connectivity index (χ1n) is 9.92. The Kier molecular flexibility index (Phi) is 6.03. The van der Waals surface area contributed by atoms with Crippen LogP contribution in [0.4, 0.5) is 0 Å². The van der Waals surface area contributed by atoms with Gasteiger partial charge in [0.1, 0.15) is 11.5 Å². The number of hydrazine groups is 1. The molecule has 0 atom stereocenters. The second-order valence-electron chi connectivity index (χ2n) is 7.02. The number of carbonyl (C=O) groups is 2. The van der Waals surface area contributed by atoms with E-state index in [1.165, 1.54) is 0 Å². The number of benzene rings is 3. The maximum Gasteiger partial charge on any atom is 0.271 e. The summed E-state index contributed by atoms with van der Waals surface area (Å²) in [7, 11) is 3.13. The van der Waals surface area contributed by atoms with Crippen LogP contribution in [0, 0.1) is 0 Å². The number of rotatable bonds is 6. The van der Waals surface area contributed by atoms with Gasteiger partial charge in [0.15, 0.2) is 5.84 Å². The Morgan fingerprint density at radius 2 is 1.38 bits per heavy atom. The Morgan fingerprint density at radius 3 is 1.97 bits per heavy atom. The molecule has 0 saturated heterocycles. The largest absolute Gasteiger partial charge is 0.497 e. The van der Waals surface area contributed by atoms with E-state index in [2.05, 4.69) is 16.0 Å². The molecule has 0 aromatic heterocycles.